The van der Waals surface area contributed by atoms with Gasteiger partial charge in [0.2, 0.25) is 0 Å². The van der Waals surface area contributed by atoms with Gasteiger partial charge in [0, 0.05) is 24.5 Å². The molecule has 9 nitrogen and oxygen atoms in total. The monoisotopic (exact) mass is 501 g/mol. The zero-order valence-corrected chi connectivity index (χ0v) is 21.2. The van der Waals surface area contributed by atoms with Gasteiger partial charge in [0.25, 0.3) is 5.91 Å². The van der Waals surface area contributed by atoms with Crippen molar-refractivity contribution in [2.45, 2.75) is 20.8 Å². The van der Waals surface area contributed by atoms with Crippen molar-refractivity contribution in [1.29, 1.82) is 0 Å². The van der Waals surface area contributed by atoms with Crippen molar-refractivity contribution < 1.29 is 19.1 Å². The lowest BCUT2D eigenvalue weighted by Gasteiger charge is -2.20. The van der Waals surface area contributed by atoms with E-state index in [1.807, 2.05) is 31.2 Å². The van der Waals surface area contributed by atoms with Gasteiger partial charge >= 0.3 is 11.8 Å². The summed E-state index contributed by atoms with van der Waals surface area (Å²) in [5.41, 5.74) is 5.04. The summed E-state index contributed by atoms with van der Waals surface area (Å²) in [6.45, 7) is 8.42. The number of para-hydroxylation sites is 1. The topological polar surface area (TPSA) is 112 Å². The lowest BCUT2D eigenvalue weighted by atomic mass is 10.1. The number of carbonyl (C=O) groups is 3. The molecule has 37 heavy (non-hydrogen) atoms. The average molecular weight is 502 g/mol. The summed E-state index contributed by atoms with van der Waals surface area (Å²) >= 11 is 0. The second kappa shape index (κ2) is 13.4. The van der Waals surface area contributed by atoms with E-state index in [1.165, 1.54) is 6.21 Å². The van der Waals surface area contributed by atoms with Gasteiger partial charge in [0.15, 0.2) is 0 Å². The molecule has 0 aliphatic rings. The fraction of sp³-hybridized carbons (Fsp3) is 0.214. The fourth-order valence-electron chi connectivity index (χ4n) is 3.54. The summed E-state index contributed by atoms with van der Waals surface area (Å²) in [4.78, 5) is 39.7. The predicted octanol–water partition coefficient (Wildman–Crippen LogP) is 4.27. The minimum atomic E-state index is -0.960. The molecule has 9 heteroatoms. The fourth-order valence-corrected chi connectivity index (χ4v) is 3.54. The number of hydrazone groups is 1. The number of nitrogens with zero attached hydrogens (tertiary/aromatic N) is 2. The molecular formula is C28H31N5O4. The third-order valence-electron chi connectivity index (χ3n) is 5.45. The van der Waals surface area contributed by atoms with Crippen LogP contribution < -0.4 is 25.7 Å². The Labute approximate surface area is 216 Å². The number of carbonyl (C=O) groups excluding carboxylic acids is 3. The van der Waals surface area contributed by atoms with E-state index < -0.39 is 17.7 Å². The van der Waals surface area contributed by atoms with E-state index >= 15 is 0 Å². The minimum absolute atomic E-state index is 0.196. The van der Waals surface area contributed by atoms with Crippen molar-refractivity contribution in [3.8, 4) is 5.75 Å². The molecule has 0 saturated carbocycles. The third-order valence-corrected chi connectivity index (χ3v) is 5.45. The molecule has 3 aromatic carbocycles. The van der Waals surface area contributed by atoms with E-state index in [1.54, 1.807) is 48.5 Å². The first kappa shape index (κ1) is 26.9. The molecular weight excluding hydrogens is 470 g/mol. The molecule has 0 unspecified atom stereocenters. The van der Waals surface area contributed by atoms with Crippen LogP contribution in [0.3, 0.4) is 0 Å². The molecule has 0 atom stereocenters. The number of hydrogen-bond acceptors (Lipinski definition) is 6. The Morgan fingerprint density at radius 2 is 1.51 bits per heavy atom. The molecule has 0 spiro atoms. The number of anilines is 3. The highest BCUT2D eigenvalue weighted by atomic mass is 16.5. The third kappa shape index (κ3) is 7.66. The summed E-state index contributed by atoms with van der Waals surface area (Å²) in [6.07, 6.45) is 1.45. The smallest absolute Gasteiger partial charge is 0.329 e. The van der Waals surface area contributed by atoms with E-state index in [-0.39, 0.29) is 11.3 Å². The molecule has 0 saturated heterocycles. The SMILES string of the molecule is CCOc1ccc(NC(=O)c2ccccc2NC(=O)C(=O)N/N=C\c2ccc(N(CC)CC)cc2)cc1. The Hall–Kier alpha value is -4.66. The number of benzene rings is 3. The first-order valence-corrected chi connectivity index (χ1v) is 12.1. The van der Waals surface area contributed by atoms with Crippen molar-refractivity contribution in [3.05, 3.63) is 83.9 Å². The van der Waals surface area contributed by atoms with Crippen LogP contribution in [0, 0.1) is 0 Å². The summed E-state index contributed by atoms with van der Waals surface area (Å²) in [7, 11) is 0. The number of amides is 3. The van der Waals surface area contributed by atoms with E-state index in [0.717, 1.165) is 24.3 Å². The molecule has 0 radical (unpaired) electrons. The number of hydrogen-bond donors (Lipinski definition) is 3. The molecule has 0 aliphatic carbocycles. The lowest BCUT2D eigenvalue weighted by Crippen LogP contribution is -2.33. The van der Waals surface area contributed by atoms with Crippen LogP contribution in [0.2, 0.25) is 0 Å². The van der Waals surface area contributed by atoms with Gasteiger partial charge in [-0.3, -0.25) is 14.4 Å². The van der Waals surface area contributed by atoms with Gasteiger partial charge < -0.3 is 20.3 Å². The summed E-state index contributed by atoms with van der Waals surface area (Å²) in [5, 5.41) is 9.11. The summed E-state index contributed by atoms with van der Waals surface area (Å²) in [6, 6.07) is 21.0. The van der Waals surface area contributed by atoms with Crippen molar-refractivity contribution in [3.63, 3.8) is 0 Å². The molecule has 0 bridgehead atoms. The number of rotatable bonds is 10. The maximum absolute atomic E-state index is 12.8. The first-order chi connectivity index (χ1) is 17.9. The minimum Gasteiger partial charge on any atom is -0.494 e. The van der Waals surface area contributed by atoms with Crippen LogP contribution in [-0.4, -0.2) is 43.6 Å². The quantitative estimate of drug-likeness (QED) is 0.218. The van der Waals surface area contributed by atoms with Crippen molar-refractivity contribution in [1.82, 2.24) is 5.43 Å². The zero-order valence-electron chi connectivity index (χ0n) is 21.2. The normalized spacial score (nSPS) is 10.6. The number of ether oxygens (including phenoxy) is 1. The van der Waals surface area contributed by atoms with Crippen LogP contribution in [0.25, 0.3) is 0 Å². The van der Waals surface area contributed by atoms with Gasteiger partial charge in [-0.1, -0.05) is 24.3 Å². The van der Waals surface area contributed by atoms with Crippen LogP contribution in [-0.2, 0) is 9.59 Å². The van der Waals surface area contributed by atoms with Gasteiger partial charge in [-0.05, 0) is 74.9 Å². The lowest BCUT2D eigenvalue weighted by molar-refractivity contribution is -0.136. The highest BCUT2D eigenvalue weighted by Crippen LogP contribution is 2.20. The van der Waals surface area contributed by atoms with Crippen molar-refractivity contribution >= 4 is 41.0 Å². The standard InChI is InChI=1S/C28H31N5O4/c1-4-33(5-2)22-15-11-20(12-16-22)19-29-32-28(36)27(35)31-25-10-8-7-9-24(25)26(34)30-21-13-17-23(18-14-21)37-6-3/h7-19H,4-6H2,1-3H3,(H,30,34)(H,31,35)(H,32,36)/b29-19-. The van der Waals surface area contributed by atoms with Crippen LogP contribution in [0.1, 0.15) is 36.7 Å². The maximum Gasteiger partial charge on any atom is 0.329 e. The Kier molecular flexibility index (Phi) is 9.78. The Balaban J connectivity index is 1.58. The van der Waals surface area contributed by atoms with Crippen LogP contribution >= 0.6 is 0 Å². The average Bonchev–Trinajstić information content (AvgIpc) is 2.91. The maximum atomic E-state index is 12.8. The Bertz CT molecular complexity index is 1240. The van der Waals surface area contributed by atoms with Gasteiger partial charge in [0.05, 0.1) is 24.1 Å². The molecule has 0 fully saturated rings. The van der Waals surface area contributed by atoms with E-state index in [4.69, 9.17) is 4.74 Å². The molecule has 3 N–H and O–H groups in total. The predicted molar refractivity (Wildman–Crippen MR) is 146 cm³/mol. The molecule has 0 heterocycles. The van der Waals surface area contributed by atoms with Gasteiger partial charge in [-0.25, -0.2) is 5.43 Å². The highest BCUT2D eigenvalue weighted by molar-refractivity contribution is 6.40. The van der Waals surface area contributed by atoms with Gasteiger partial charge in [0.1, 0.15) is 5.75 Å². The molecule has 3 rings (SSSR count). The van der Waals surface area contributed by atoms with Crippen LogP contribution in [0.4, 0.5) is 17.1 Å². The van der Waals surface area contributed by atoms with Crippen molar-refractivity contribution in [2.24, 2.45) is 5.10 Å². The van der Waals surface area contributed by atoms with Crippen LogP contribution in [0.5, 0.6) is 5.75 Å². The Morgan fingerprint density at radius 3 is 2.16 bits per heavy atom. The largest absolute Gasteiger partial charge is 0.494 e. The van der Waals surface area contributed by atoms with E-state index in [2.05, 4.69) is 39.9 Å². The molecule has 3 aromatic rings. The van der Waals surface area contributed by atoms with E-state index in [0.29, 0.717) is 18.0 Å². The van der Waals surface area contributed by atoms with E-state index in [9.17, 15) is 14.4 Å². The second-order valence-electron chi connectivity index (χ2n) is 7.87. The van der Waals surface area contributed by atoms with Gasteiger partial charge in [-0.2, -0.15) is 5.10 Å². The molecule has 0 aromatic heterocycles. The molecule has 192 valence electrons. The zero-order chi connectivity index (χ0) is 26.6. The molecule has 3 amide bonds. The second-order valence-corrected chi connectivity index (χ2v) is 7.87. The first-order valence-electron chi connectivity index (χ1n) is 12.1. The highest BCUT2D eigenvalue weighted by Gasteiger charge is 2.18. The summed E-state index contributed by atoms with van der Waals surface area (Å²) in [5.74, 6) is -1.65. The van der Waals surface area contributed by atoms with Crippen LogP contribution in [0.15, 0.2) is 77.9 Å². The van der Waals surface area contributed by atoms with Crippen molar-refractivity contribution in [2.75, 3.05) is 35.2 Å². The summed E-state index contributed by atoms with van der Waals surface area (Å²) < 4.78 is 5.40. The number of nitrogens with one attached hydrogen (secondary N) is 3. The van der Waals surface area contributed by atoms with Gasteiger partial charge in [-0.15, -0.1) is 0 Å². The Morgan fingerprint density at radius 1 is 0.838 bits per heavy atom. The molecule has 0 aliphatic heterocycles.